The molecule has 0 bridgehead atoms. The third-order valence-corrected chi connectivity index (χ3v) is 4.01. The molecule has 1 aliphatic rings. The first kappa shape index (κ1) is 14.6. The molecule has 0 saturated heterocycles. The SMILES string of the molecule is Cc1ccccc1CC(=O)N(CC(N)=O)C1CCCC1. The van der Waals surface area contributed by atoms with E-state index in [1.54, 1.807) is 4.90 Å². The molecule has 1 saturated carbocycles. The van der Waals surface area contributed by atoms with Gasteiger partial charge < -0.3 is 10.6 Å². The van der Waals surface area contributed by atoms with Crippen LogP contribution in [0.25, 0.3) is 0 Å². The van der Waals surface area contributed by atoms with Crippen LogP contribution in [0.3, 0.4) is 0 Å². The Morgan fingerprint density at radius 3 is 2.50 bits per heavy atom. The highest BCUT2D eigenvalue weighted by Gasteiger charge is 2.27. The smallest absolute Gasteiger partial charge is 0.237 e. The fourth-order valence-electron chi connectivity index (χ4n) is 2.88. The molecule has 2 N–H and O–H groups in total. The number of nitrogens with two attached hydrogens (primary N) is 1. The van der Waals surface area contributed by atoms with Crippen LogP contribution in [-0.2, 0) is 16.0 Å². The number of carbonyl (C=O) groups is 2. The van der Waals surface area contributed by atoms with E-state index in [0.29, 0.717) is 6.42 Å². The molecule has 1 aliphatic carbocycles. The van der Waals surface area contributed by atoms with E-state index in [1.807, 2.05) is 31.2 Å². The lowest BCUT2D eigenvalue weighted by atomic mass is 10.0. The molecule has 2 amide bonds. The van der Waals surface area contributed by atoms with Crippen LogP contribution in [0.15, 0.2) is 24.3 Å². The number of hydrogen-bond donors (Lipinski definition) is 1. The van der Waals surface area contributed by atoms with Crippen LogP contribution in [0.2, 0.25) is 0 Å². The lowest BCUT2D eigenvalue weighted by molar-refractivity contribution is -0.136. The molecule has 2 rings (SSSR count). The Kier molecular flexibility index (Phi) is 4.77. The van der Waals surface area contributed by atoms with Gasteiger partial charge in [0.2, 0.25) is 11.8 Å². The van der Waals surface area contributed by atoms with Gasteiger partial charge in [0, 0.05) is 6.04 Å². The summed E-state index contributed by atoms with van der Waals surface area (Å²) < 4.78 is 0. The minimum absolute atomic E-state index is 0.00463. The van der Waals surface area contributed by atoms with Crippen molar-refractivity contribution in [1.82, 2.24) is 4.90 Å². The standard InChI is InChI=1S/C16H22N2O2/c1-12-6-2-3-7-13(12)10-16(20)18(11-15(17)19)14-8-4-5-9-14/h2-3,6-7,14H,4-5,8-11H2,1H3,(H2,17,19). The van der Waals surface area contributed by atoms with Crippen molar-refractivity contribution in [1.29, 1.82) is 0 Å². The molecule has 20 heavy (non-hydrogen) atoms. The highest BCUT2D eigenvalue weighted by Crippen LogP contribution is 2.24. The van der Waals surface area contributed by atoms with Crippen LogP contribution in [0.1, 0.15) is 36.8 Å². The Morgan fingerprint density at radius 2 is 1.90 bits per heavy atom. The van der Waals surface area contributed by atoms with E-state index in [4.69, 9.17) is 5.73 Å². The lowest BCUT2D eigenvalue weighted by Crippen LogP contribution is -2.44. The summed E-state index contributed by atoms with van der Waals surface area (Å²) in [6, 6.07) is 8.03. The van der Waals surface area contributed by atoms with Crippen molar-refractivity contribution in [2.75, 3.05) is 6.54 Å². The predicted molar refractivity (Wildman–Crippen MR) is 78.0 cm³/mol. The Bertz CT molecular complexity index is 493. The first-order chi connectivity index (χ1) is 9.58. The number of aryl methyl sites for hydroxylation is 1. The van der Waals surface area contributed by atoms with Gasteiger partial charge in [-0.1, -0.05) is 37.1 Å². The van der Waals surface area contributed by atoms with Gasteiger partial charge in [-0.25, -0.2) is 0 Å². The van der Waals surface area contributed by atoms with Crippen LogP contribution in [0, 0.1) is 6.92 Å². The minimum atomic E-state index is -0.435. The second-order valence-corrected chi connectivity index (χ2v) is 5.53. The van der Waals surface area contributed by atoms with E-state index < -0.39 is 5.91 Å². The normalized spacial score (nSPS) is 15.2. The fraction of sp³-hybridized carbons (Fsp3) is 0.500. The molecular formula is C16H22N2O2. The Labute approximate surface area is 119 Å². The molecule has 108 valence electrons. The van der Waals surface area contributed by atoms with Crippen LogP contribution < -0.4 is 5.73 Å². The molecule has 0 aromatic heterocycles. The van der Waals surface area contributed by atoms with E-state index in [0.717, 1.165) is 36.8 Å². The van der Waals surface area contributed by atoms with Crippen molar-refractivity contribution in [3.8, 4) is 0 Å². The average Bonchev–Trinajstić information content (AvgIpc) is 2.92. The quantitative estimate of drug-likeness (QED) is 0.889. The summed E-state index contributed by atoms with van der Waals surface area (Å²) >= 11 is 0. The number of primary amides is 1. The highest BCUT2D eigenvalue weighted by atomic mass is 16.2. The van der Waals surface area contributed by atoms with Crippen LogP contribution in [-0.4, -0.2) is 29.3 Å². The summed E-state index contributed by atoms with van der Waals surface area (Å²) in [6.07, 6.45) is 4.55. The van der Waals surface area contributed by atoms with Crippen molar-refractivity contribution in [3.05, 3.63) is 35.4 Å². The Balaban J connectivity index is 2.09. The largest absolute Gasteiger partial charge is 0.368 e. The summed E-state index contributed by atoms with van der Waals surface area (Å²) in [5.41, 5.74) is 7.41. The first-order valence-corrected chi connectivity index (χ1v) is 7.20. The van der Waals surface area contributed by atoms with Crippen molar-refractivity contribution in [3.63, 3.8) is 0 Å². The molecule has 0 aliphatic heterocycles. The number of rotatable bonds is 5. The molecule has 0 unspecified atom stereocenters. The van der Waals surface area contributed by atoms with Crippen molar-refractivity contribution < 1.29 is 9.59 Å². The van der Waals surface area contributed by atoms with E-state index in [1.165, 1.54) is 0 Å². The molecule has 0 radical (unpaired) electrons. The third kappa shape index (κ3) is 3.59. The Hall–Kier alpha value is -1.84. The van der Waals surface area contributed by atoms with E-state index in [-0.39, 0.29) is 18.5 Å². The third-order valence-electron chi connectivity index (χ3n) is 4.01. The van der Waals surface area contributed by atoms with Gasteiger partial charge in [0.25, 0.3) is 0 Å². The second-order valence-electron chi connectivity index (χ2n) is 5.53. The molecule has 0 heterocycles. The molecule has 0 spiro atoms. The molecule has 0 atom stereocenters. The summed E-state index contributed by atoms with van der Waals surface area (Å²) in [5, 5.41) is 0. The fourth-order valence-corrected chi connectivity index (χ4v) is 2.88. The van der Waals surface area contributed by atoms with E-state index in [9.17, 15) is 9.59 Å². The van der Waals surface area contributed by atoms with Gasteiger partial charge in [0.15, 0.2) is 0 Å². The summed E-state index contributed by atoms with van der Waals surface area (Å²) in [6.45, 7) is 2.03. The maximum absolute atomic E-state index is 12.5. The number of benzene rings is 1. The van der Waals surface area contributed by atoms with Gasteiger partial charge >= 0.3 is 0 Å². The van der Waals surface area contributed by atoms with E-state index >= 15 is 0 Å². The van der Waals surface area contributed by atoms with Gasteiger partial charge in [-0.3, -0.25) is 9.59 Å². The van der Waals surface area contributed by atoms with E-state index in [2.05, 4.69) is 0 Å². The lowest BCUT2D eigenvalue weighted by Gasteiger charge is -2.28. The number of nitrogens with zero attached hydrogens (tertiary/aromatic N) is 1. The maximum Gasteiger partial charge on any atom is 0.237 e. The predicted octanol–water partition coefficient (Wildman–Crippen LogP) is 1.79. The van der Waals surface area contributed by atoms with Gasteiger partial charge in [-0.2, -0.15) is 0 Å². The zero-order valence-electron chi connectivity index (χ0n) is 12.0. The first-order valence-electron chi connectivity index (χ1n) is 7.20. The number of amides is 2. The highest BCUT2D eigenvalue weighted by molar-refractivity contribution is 5.85. The van der Waals surface area contributed by atoms with Gasteiger partial charge in [-0.05, 0) is 30.9 Å². The zero-order valence-corrected chi connectivity index (χ0v) is 12.0. The van der Waals surface area contributed by atoms with Crippen LogP contribution in [0.4, 0.5) is 0 Å². The monoisotopic (exact) mass is 274 g/mol. The summed E-state index contributed by atoms with van der Waals surface area (Å²) in [7, 11) is 0. The average molecular weight is 274 g/mol. The minimum Gasteiger partial charge on any atom is -0.368 e. The molecule has 1 aromatic carbocycles. The Morgan fingerprint density at radius 1 is 1.25 bits per heavy atom. The van der Waals surface area contributed by atoms with Crippen LogP contribution in [0.5, 0.6) is 0 Å². The number of hydrogen-bond acceptors (Lipinski definition) is 2. The summed E-state index contributed by atoms with van der Waals surface area (Å²) in [5.74, 6) is -0.431. The molecule has 4 nitrogen and oxygen atoms in total. The molecular weight excluding hydrogens is 252 g/mol. The number of carbonyl (C=O) groups excluding carboxylic acids is 2. The second kappa shape index (κ2) is 6.55. The van der Waals surface area contributed by atoms with Crippen molar-refractivity contribution >= 4 is 11.8 Å². The van der Waals surface area contributed by atoms with Gasteiger partial charge in [-0.15, -0.1) is 0 Å². The molecule has 1 aromatic rings. The molecule has 1 fully saturated rings. The zero-order chi connectivity index (χ0) is 14.5. The van der Waals surface area contributed by atoms with Crippen LogP contribution >= 0.6 is 0 Å². The van der Waals surface area contributed by atoms with Crippen molar-refractivity contribution in [2.24, 2.45) is 5.73 Å². The van der Waals surface area contributed by atoms with Crippen molar-refractivity contribution in [2.45, 2.75) is 45.1 Å². The van der Waals surface area contributed by atoms with Gasteiger partial charge in [0.1, 0.15) is 0 Å². The topological polar surface area (TPSA) is 63.4 Å². The maximum atomic E-state index is 12.5. The summed E-state index contributed by atoms with van der Waals surface area (Å²) in [4.78, 5) is 25.4. The van der Waals surface area contributed by atoms with Gasteiger partial charge in [0.05, 0.1) is 13.0 Å². The molecule has 4 heteroatoms.